The summed E-state index contributed by atoms with van der Waals surface area (Å²) in [5.74, 6) is -2.23. The molecule has 1 N–H and O–H groups in total. The third-order valence-electron chi connectivity index (χ3n) is 7.93. The van der Waals surface area contributed by atoms with Crippen LogP contribution in [0.15, 0.2) is 36.4 Å². The Bertz CT molecular complexity index is 1570. The maximum Gasteiger partial charge on any atom is 0.409 e. The normalized spacial score (nSPS) is 16.7. The number of rotatable bonds is 15. The molecule has 4 rings (SSSR count). The fourth-order valence-corrected chi connectivity index (χ4v) is 6.67. The number of methoxy groups -OCH3 is 1. The number of amides is 3. The second kappa shape index (κ2) is 18.6. The molecular formula is C32H43N6O12P. The second-order valence-electron chi connectivity index (χ2n) is 11.5. The molecule has 3 heterocycles. The zero-order valence-corrected chi connectivity index (χ0v) is 29.9. The van der Waals surface area contributed by atoms with Crippen LogP contribution in [0.25, 0.3) is 11.4 Å². The fourth-order valence-electron chi connectivity index (χ4n) is 5.27. The van der Waals surface area contributed by atoms with E-state index in [0.717, 1.165) is 20.3 Å². The number of esters is 2. The van der Waals surface area contributed by atoms with Gasteiger partial charge in [-0.15, -0.1) is 0 Å². The number of aromatic nitrogens is 2. The van der Waals surface area contributed by atoms with Crippen molar-refractivity contribution in [3.63, 3.8) is 0 Å². The summed E-state index contributed by atoms with van der Waals surface area (Å²) in [6, 6.07) is 8.98. The molecule has 2 aliphatic heterocycles. The molecule has 2 aliphatic rings. The van der Waals surface area contributed by atoms with E-state index in [1.165, 1.54) is 15.9 Å². The minimum absolute atomic E-state index is 0.0307. The largest absolute Gasteiger partial charge is 0.450 e. The zero-order valence-electron chi connectivity index (χ0n) is 29.0. The molecule has 2 saturated heterocycles. The average Bonchev–Trinajstić information content (AvgIpc) is 3.61. The second-order valence-corrected chi connectivity index (χ2v) is 13.6. The van der Waals surface area contributed by atoms with E-state index in [9.17, 15) is 28.5 Å². The minimum atomic E-state index is -4.43. The topological polar surface area (TPSA) is 205 Å². The SMILES string of the molecule is CCOC(=O)N1CCN(C(=O)[C@H](CP(=O)(OCOC(C)=O)OCOC(C)=O)NC(=O)c2cc(N3CC[C@H](OC)C3)nc(-c3ccccc3)n2)CC1. The van der Waals surface area contributed by atoms with Crippen molar-refractivity contribution in [2.24, 2.45) is 0 Å². The molecule has 51 heavy (non-hydrogen) atoms. The van der Waals surface area contributed by atoms with Gasteiger partial charge >= 0.3 is 25.6 Å². The molecule has 1 aromatic carbocycles. The van der Waals surface area contributed by atoms with Gasteiger partial charge in [0.05, 0.1) is 18.9 Å². The monoisotopic (exact) mass is 734 g/mol. The van der Waals surface area contributed by atoms with E-state index < -0.39 is 63.2 Å². The van der Waals surface area contributed by atoms with Gasteiger partial charge in [0.1, 0.15) is 17.6 Å². The van der Waals surface area contributed by atoms with Crippen LogP contribution in [-0.4, -0.2) is 134 Å². The summed E-state index contributed by atoms with van der Waals surface area (Å²) in [5.41, 5.74) is 0.561. The summed E-state index contributed by atoms with van der Waals surface area (Å²) in [7, 11) is -2.80. The molecule has 0 aliphatic carbocycles. The number of piperazine rings is 1. The number of hydrogen-bond acceptors (Lipinski definition) is 15. The van der Waals surface area contributed by atoms with E-state index in [4.69, 9.17) is 33.0 Å². The number of hydrogen-bond donors (Lipinski definition) is 1. The van der Waals surface area contributed by atoms with Crippen molar-refractivity contribution in [2.45, 2.75) is 39.3 Å². The highest BCUT2D eigenvalue weighted by Crippen LogP contribution is 2.49. The Labute approximate surface area is 295 Å². The minimum Gasteiger partial charge on any atom is -0.450 e. The summed E-state index contributed by atoms with van der Waals surface area (Å²) in [4.78, 5) is 77.2. The van der Waals surface area contributed by atoms with E-state index in [1.807, 2.05) is 23.1 Å². The number of nitrogens with zero attached hydrogens (tertiary/aromatic N) is 5. The molecule has 0 bridgehead atoms. The lowest BCUT2D eigenvalue weighted by Gasteiger charge is -2.36. The smallest absolute Gasteiger partial charge is 0.409 e. The van der Waals surface area contributed by atoms with Gasteiger partial charge in [-0.05, 0) is 13.3 Å². The summed E-state index contributed by atoms with van der Waals surface area (Å²) in [5, 5.41) is 2.64. The molecule has 0 spiro atoms. The molecule has 2 fully saturated rings. The van der Waals surface area contributed by atoms with Crippen LogP contribution >= 0.6 is 7.60 Å². The van der Waals surface area contributed by atoms with Gasteiger partial charge in [-0.3, -0.25) is 32.8 Å². The number of carbonyl (C=O) groups is 5. The summed E-state index contributed by atoms with van der Waals surface area (Å²) >= 11 is 0. The summed E-state index contributed by atoms with van der Waals surface area (Å²) < 4.78 is 44.7. The highest BCUT2D eigenvalue weighted by molar-refractivity contribution is 7.54. The quantitative estimate of drug-likeness (QED) is 0.120. The molecule has 0 radical (unpaired) electrons. The van der Waals surface area contributed by atoms with Crippen molar-refractivity contribution in [1.29, 1.82) is 0 Å². The Morgan fingerprint density at radius 3 is 2.10 bits per heavy atom. The first kappa shape index (κ1) is 39.2. The Kier molecular flexibility index (Phi) is 14.2. The van der Waals surface area contributed by atoms with Crippen LogP contribution in [0.4, 0.5) is 10.6 Å². The van der Waals surface area contributed by atoms with E-state index in [0.29, 0.717) is 24.5 Å². The van der Waals surface area contributed by atoms with Crippen LogP contribution in [0.1, 0.15) is 37.7 Å². The Morgan fingerprint density at radius 1 is 0.902 bits per heavy atom. The molecule has 0 saturated carbocycles. The van der Waals surface area contributed by atoms with E-state index in [-0.39, 0.29) is 50.4 Å². The number of carbonyl (C=O) groups excluding carboxylic acids is 5. The van der Waals surface area contributed by atoms with E-state index in [1.54, 1.807) is 26.2 Å². The molecular weight excluding hydrogens is 691 g/mol. The van der Waals surface area contributed by atoms with Crippen LogP contribution < -0.4 is 10.2 Å². The number of ether oxygens (including phenoxy) is 4. The van der Waals surface area contributed by atoms with Gasteiger partial charge in [0.25, 0.3) is 5.91 Å². The number of nitrogens with one attached hydrogen (secondary N) is 1. The third-order valence-corrected chi connectivity index (χ3v) is 9.74. The van der Waals surface area contributed by atoms with Crippen LogP contribution in [-0.2, 0) is 46.9 Å². The Morgan fingerprint density at radius 2 is 1.53 bits per heavy atom. The molecule has 3 amide bonds. The summed E-state index contributed by atoms with van der Waals surface area (Å²) in [6.45, 7) is 4.03. The first-order valence-corrected chi connectivity index (χ1v) is 18.0. The molecule has 2 aromatic rings. The zero-order chi connectivity index (χ0) is 37.0. The lowest BCUT2D eigenvalue weighted by atomic mass is 10.2. The van der Waals surface area contributed by atoms with Crippen molar-refractivity contribution >= 4 is 43.3 Å². The first-order valence-electron chi connectivity index (χ1n) is 16.3. The van der Waals surface area contributed by atoms with Crippen molar-refractivity contribution in [1.82, 2.24) is 25.1 Å². The highest BCUT2D eigenvalue weighted by Gasteiger charge is 2.39. The van der Waals surface area contributed by atoms with Gasteiger partial charge in [-0.1, -0.05) is 30.3 Å². The first-order chi connectivity index (χ1) is 24.4. The molecule has 2 atom stereocenters. The maximum absolute atomic E-state index is 14.1. The van der Waals surface area contributed by atoms with Crippen LogP contribution in [0.2, 0.25) is 0 Å². The predicted molar refractivity (Wildman–Crippen MR) is 179 cm³/mol. The Hall–Kier alpha value is -4.64. The van der Waals surface area contributed by atoms with E-state index in [2.05, 4.69) is 10.3 Å². The van der Waals surface area contributed by atoms with Gasteiger partial charge < -0.3 is 39.0 Å². The lowest BCUT2D eigenvalue weighted by Crippen LogP contribution is -2.57. The fraction of sp³-hybridized carbons (Fsp3) is 0.531. The number of benzene rings is 1. The lowest BCUT2D eigenvalue weighted by molar-refractivity contribution is -0.149. The molecule has 19 heteroatoms. The van der Waals surface area contributed by atoms with Crippen LogP contribution in [0.3, 0.4) is 0 Å². The predicted octanol–water partition coefficient (Wildman–Crippen LogP) is 2.04. The standard InChI is InChI=1S/C32H43N6O12P/c1-5-46-32(43)37-15-13-36(14-16-37)31(42)27(19-51(44,49-20-47-22(2)39)50-21-48-23(3)40)34-30(41)26-17-28(38-12-11-25(18-38)45-4)35-29(33-26)24-9-7-6-8-10-24/h6-10,17,25,27H,5,11-16,18-21H2,1-4H3,(H,34,41)/t25-,27-/m0/s1. The van der Waals surface area contributed by atoms with Crippen LogP contribution in [0, 0.1) is 0 Å². The third kappa shape index (κ3) is 11.4. The Balaban J connectivity index is 1.65. The molecule has 278 valence electrons. The van der Waals surface area contributed by atoms with Crippen LogP contribution in [0.5, 0.6) is 0 Å². The van der Waals surface area contributed by atoms with Crippen molar-refractivity contribution < 1.29 is 56.5 Å². The molecule has 1 aromatic heterocycles. The van der Waals surface area contributed by atoms with Crippen molar-refractivity contribution in [2.75, 3.05) is 77.6 Å². The van der Waals surface area contributed by atoms with E-state index >= 15 is 0 Å². The summed E-state index contributed by atoms with van der Waals surface area (Å²) in [6.07, 6.45) is -0.556. The van der Waals surface area contributed by atoms with Gasteiger partial charge in [-0.2, -0.15) is 0 Å². The average molecular weight is 735 g/mol. The van der Waals surface area contributed by atoms with Gasteiger partial charge in [0, 0.05) is 71.9 Å². The number of anilines is 1. The van der Waals surface area contributed by atoms with Gasteiger partial charge in [0.15, 0.2) is 5.82 Å². The highest BCUT2D eigenvalue weighted by atomic mass is 31.2. The molecule has 18 nitrogen and oxygen atoms in total. The van der Waals surface area contributed by atoms with Gasteiger partial charge in [0.2, 0.25) is 19.5 Å². The van der Waals surface area contributed by atoms with Crippen molar-refractivity contribution in [3.05, 3.63) is 42.1 Å². The van der Waals surface area contributed by atoms with Crippen molar-refractivity contribution in [3.8, 4) is 11.4 Å². The maximum atomic E-state index is 14.1. The molecule has 0 unspecified atom stereocenters. The van der Waals surface area contributed by atoms with Gasteiger partial charge in [-0.25, -0.2) is 14.8 Å².